The van der Waals surface area contributed by atoms with Crippen LogP contribution in [0.1, 0.15) is 33.1 Å². The summed E-state index contributed by atoms with van der Waals surface area (Å²) in [5, 5.41) is 2.80. The number of hydrogen-bond donors (Lipinski definition) is 1. The van der Waals surface area contributed by atoms with Crippen LogP contribution < -0.4 is 10.1 Å². The van der Waals surface area contributed by atoms with E-state index in [-0.39, 0.29) is 5.91 Å². The number of nitrogens with one attached hydrogen (secondary N) is 1. The third-order valence-electron chi connectivity index (χ3n) is 3.48. The van der Waals surface area contributed by atoms with Gasteiger partial charge in [0.2, 0.25) is 5.91 Å². The first-order chi connectivity index (χ1) is 11.1. The number of carbonyl (C=O) groups excluding carboxylic acids is 2. The van der Waals surface area contributed by atoms with Gasteiger partial charge in [0.1, 0.15) is 12.0 Å². The van der Waals surface area contributed by atoms with Gasteiger partial charge in [-0.3, -0.25) is 9.59 Å². The van der Waals surface area contributed by atoms with Crippen LogP contribution in [-0.4, -0.2) is 19.3 Å². The number of ether oxygens (including phenoxy) is 1. The predicted molar refractivity (Wildman–Crippen MR) is 93.6 cm³/mol. The van der Waals surface area contributed by atoms with E-state index in [2.05, 4.69) is 12.2 Å². The molecule has 4 nitrogen and oxygen atoms in total. The van der Waals surface area contributed by atoms with Crippen LogP contribution in [0.2, 0.25) is 0 Å². The number of aldehydes is 1. The first-order valence-electron chi connectivity index (χ1n) is 7.79. The summed E-state index contributed by atoms with van der Waals surface area (Å²) in [4.78, 5) is 22.4. The highest BCUT2D eigenvalue weighted by molar-refractivity contribution is 6.00. The van der Waals surface area contributed by atoms with Crippen molar-refractivity contribution < 1.29 is 14.3 Å². The standard InChI is InChI=1S/C19H25NO3/c1-15(8-6-10-16(2)14-21)9-7-13-19(22)20-17-11-4-5-12-18(17)23-3/h4-5,7,10-15H,6,8-9H2,1-3H3,(H,20,22)/b13-7+,16-10+. The fraction of sp³-hybridized carbons (Fsp3) is 0.368. The third kappa shape index (κ3) is 7.45. The van der Waals surface area contributed by atoms with Crippen LogP contribution in [0.25, 0.3) is 0 Å². The molecule has 1 atom stereocenters. The van der Waals surface area contributed by atoms with Crippen LogP contribution in [0, 0.1) is 5.92 Å². The van der Waals surface area contributed by atoms with Crippen molar-refractivity contribution in [1.29, 1.82) is 0 Å². The Morgan fingerprint density at radius 2 is 2.09 bits per heavy atom. The lowest BCUT2D eigenvalue weighted by Gasteiger charge is -2.08. The first-order valence-corrected chi connectivity index (χ1v) is 7.79. The molecule has 4 heteroatoms. The minimum atomic E-state index is -0.168. The number of para-hydroxylation sites is 2. The molecule has 0 aliphatic heterocycles. The van der Waals surface area contributed by atoms with E-state index in [0.29, 0.717) is 17.4 Å². The lowest BCUT2D eigenvalue weighted by molar-refractivity contribution is -0.112. The highest BCUT2D eigenvalue weighted by Gasteiger charge is 2.04. The topological polar surface area (TPSA) is 55.4 Å². The van der Waals surface area contributed by atoms with Crippen LogP contribution in [-0.2, 0) is 9.59 Å². The molecule has 0 aliphatic rings. The summed E-state index contributed by atoms with van der Waals surface area (Å²) in [5.74, 6) is 0.930. The molecule has 0 bridgehead atoms. The van der Waals surface area contributed by atoms with Crippen molar-refractivity contribution in [2.75, 3.05) is 12.4 Å². The lowest BCUT2D eigenvalue weighted by Crippen LogP contribution is -2.09. The van der Waals surface area contributed by atoms with Crippen LogP contribution in [0.5, 0.6) is 5.75 Å². The maximum atomic E-state index is 11.9. The van der Waals surface area contributed by atoms with E-state index in [4.69, 9.17) is 4.74 Å². The Balaban J connectivity index is 2.39. The quantitative estimate of drug-likeness (QED) is 0.550. The number of carbonyl (C=O) groups is 2. The largest absolute Gasteiger partial charge is 0.495 e. The molecule has 0 spiro atoms. The molecular weight excluding hydrogens is 290 g/mol. The van der Waals surface area contributed by atoms with Gasteiger partial charge in [-0.2, -0.15) is 0 Å². The van der Waals surface area contributed by atoms with Gasteiger partial charge in [0, 0.05) is 0 Å². The van der Waals surface area contributed by atoms with Gasteiger partial charge in [-0.15, -0.1) is 0 Å². The molecule has 0 saturated carbocycles. The molecule has 1 amide bonds. The van der Waals surface area contributed by atoms with E-state index in [9.17, 15) is 9.59 Å². The number of hydrogen-bond acceptors (Lipinski definition) is 3. The summed E-state index contributed by atoms with van der Waals surface area (Å²) < 4.78 is 5.19. The molecule has 23 heavy (non-hydrogen) atoms. The summed E-state index contributed by atoms with van der Waals surface area (Å²) in [6.07, 6.45) is 8.94. The lowest BCUT2D eigenvalue weighted by atomic mass is 10.0. The summed E-state index contributed by atoms with van der Waals surface area (Å²) >= 11 is 0. The molecule has 1 rings (SSSR count). The maximum Gasteiger partial charge on any atom is 0.248 e. The minimum absolute atomic E-state index is 0.168. The summed E-state index contributed by atoms with van der Waals surface area (Å²) in [6, 6.07) is 7.30. The van der Waals surface area contributed by atoms with Gasteiger partial charge in [-0.05, 0) is 55.9 Å². The highest BCUT2D eigenvalue weighted by Crippen LogP contribution is 2.22. The molecule has 0 aromatic heterocycles. The van der Waals surface area contributed by atoms with Crippen LogP contribution in [0.15, 0.2) is 48.1 Å². The molecule has 0 saturated heterocycles. The van der Waals surface area contributed by atoms with Gasteiger partial charge in [0.25, 0.3) is 0 Å². The molecule has 1 aromatic carbocycles. The predicted octanol–water partition coefficient (Wildman–Crippen LogP) is 4.14. The van der Waals surface area contributed by atoms with Gasteiger partial charge in [0.15, 0.2) is 0 Å². The second-order valence-electron chi connectivity index (χ2n) is 5.58. The fourth-order valence-electron chi connectivity index (χ4n) is 2.09. The van der Waals surface area contributed by atoms with Crippen molar-refractivity contribution in [3.63, 3.8) is 0 Å². The van der Waals surface area contributed by atoms with E-state index >= 15 is 0 Å². The summed E-state index contributed by atoms with van der Waals surface area (Å²) in [7, 11) is 1.57. The van der Waals surface area contributed by atoms with Crippen LogP contribution in [0.3, 0.4) is 0 Å². The number of amides is 1. The van der Waals surface area contributed by atoms with Crippen LogP contribution >= 0.6 is 0 Å². The van der Waals surface area contributed by atoms with E-state index < -0.39 is 0 Å². The van der Waals surface area contributed by atoms with Gasteiger partial charge in [-0.1, -0.05) is 31.2 Å². The molecule has 0 radical (unpaired) electrons. The van der Waals surface area contributed by atoms with Gasteiger partial charge in [-0.25, -0.2) is 0 Å². The minimum Gasteiger partial charge on any atom is -0.495 e. The van der Waals surface area contributed by atoms with Crippen molar-refractivity contribution in [1.82, 2.24) is 0 Å². The monoisotopic (exact) mass is 315 g/mol. The Morgan fingerprint density at radius 3 is 2.78 bits per heavy atom. The van der Waals surface area contributed by atoms with Crippen molar-refractivity contribution in [3.8, 4) is 5.75 Å². The molecule has 0 heterocycles. The smallest absolute Gasteiger partial charge is 0.248 e. The molecule has 124 valence electrons. The average Bonchev–Trinajstić information content (AvgIpc) is 2.55. The number of allylic oxidation sites excluding steroid dienone is 3. The molecule has 1 unspecified atom stereocenters. The SMILES string of the molecule is COc1ccccc1NC(=O)/C=C/CC(C)CC/C=C(\C)C=O. The number of anilines is 1. The molecular formula is C19H25NO3. The van der Waals surface area contributed by atoms with Crippen molar-refractivity contribution in [3.05, 3.63) is 48.1 Å². The number of benzene rings is 1. The van der Waals surface area contributed by atoms with E-state index in [1.165, 1.54) is 0 Å². The van der Waals surface area contributed by atoms with Crippen molar-refractivity contribution >= 4 is 17.9 Å². The molecule has 1 aromatic rings. The average molecular weight is 315 g/mol. The summed E-state index contributed by atoms with van der Waals surface area (Å²) in [6.45, 7) is 3.94. The molecule has 0 aliphatic carbocycles. The van der Waals surface area contributed by atoms with Crippen LogP contribution in [0.4, 0.5) is 5.69 Å². The van der Waals surface area contributed by atoms with Gasteiger partial charge >= 0.3 is 0 Å². The Kier molecular flexibility index (Phi) is 8.43. The zero-order valence-electron chi connectivity index (χ0n) is 14.0. The van der Waals surface area contributed by atoms with E-state index in [1.807, 2.05) is 24.3 Å². The zero-order valence-corrected chi connectivity index (χ0v) is 14.0. The van der Waals surface area contributed by atoms with Crippen molar-refractivity contribution in [2.24, 2.45) is 5.92 Å². The molecule has 1 N–H and O–H groups in total. The fourth-order valence-corrected chi connectivity index (χ4v) is 2.09. The maximum absolute atomic E-state index is 11.9. The highest BCUT2D eigenvalue weighted by atomic mass is 16.5. The second-order valence-corrected chi connectivity index (χ2v) is 5.58. The third-order valence-corrected chi connectivity index (χ3v) is 3.48. The Hall–Kier alpha value is -2.36. The second kappa shape index (κ2) is 10.4. The van der Waals surface area contributed by atoms with E-state index in [1.54, 1.807) is 32.2 Å². The summed E-state index contributed by atoms with van der Waals surface area (Å²) in [5.41, 5.74) is 1.43. The number of methoxy groups -OCH3 is 1. The Morgan fingerprint density at radius 1 is 1.35 bits per heavy atom. The van der Waals surface area contributed by atoms with Gasteiger partial charge < -0.3 is 10.1 Å². The Labute approximate surface area is 138 Å². The van der Waals surface area contributed by atoms with Crippen molar-refractivity contribution in [2.45, 2.75) is 33.1 Å². The van der Waals surface area contributed by atoms with E-state index in [0.717, 1.165) is 31.1 Å². The normalized spacial score (nSPS) is 12.9. The first kappa shape index (κ1) is 18.7. The zero-order chi connectivity index (χ0) is 17.1. The molecule has 0 fully saturated rings. The van der Waals surface area contributed by atoms with Gasteiger partial charge in [0.05, 0.1) is 12.8 Å². The Bertz CT molecular complexity index is 576. The number of rotatable bonds is 9.